The summed E-state index contributed by atoms with van der Waals surface area (Å²) in [5.41, 5.74) is 1.14. The average molecular weight is 603 g/mol. The van der Waals surface area contributed by atoms with E-state index in [2.05, 4.69) is 40.0 Å². The lowest BCUT2D eigenvalue weighted by atomic mass is 9.97. The van der Waals surface area contributed by atoms with Crippen LogP contribution >= 0.6 is 35.3 Å². The molecule has 0 spiro atoms. The van der Waals surface area contributed by atoms with E-state index in [0.29, 0.717) is 54.5 Å². The van der Waals surface area contributed by atoms with E-state index < -0.39 is 12.2 Å². The summed E-state index contributed by atoms with van der Waals surface area (Å²) in [4.78, 5) is 2.33. The fraction of sp³-hybridized carbons (Fsp3) is 0.367. The number of nitrogens with zero attached hydrogens (tertiary/aromatic N) is 3. The SMILES string of the molecule is CSc1ccc(SN2CCC(NC(c3cn(Cc4ccc(Cl)cc4)c4c3=CCC(C#N)C=4)C(F)(F)F)CC2)cc1. The molecule has 2 unspecified atom stereocenters. The number of fused-ring (bicyclic) bond motifs is 1. The molecule has 5 rings (SSSR count). The fourth-order valence-electron chi connectivity index (χ4n) is 5.25. The second kappa shape index (κ2) is 12.7. The number of nitriles is 1. The zero-order valence-corrected chi connectivity index (χ0v) is 24.4. The standard InChI is InChI=1S/C30H30ClF3N4S2/c1-39-24-7-9-25(10-8-24)40-38-14-12-23(13-15-38)36-29(30(32,33)34)27-19-37(18-20-2-5-22(31)6-3-20)28-16-21(17-35)4-11-26(27)28/h2-3,5-11,16,19,21,23,29,36H,4,12-15,18H2,1H3. The van der Waals surface area contributed by atoms with Crippen LogP contribution in [0.1, 0.15) is 36.4 Å². The van der Waals surface area contributed by atoms with Crippen LogP contribution in [0.25, 0.3) is 12.2 Å². The average Bonchev–Trinajstić information content (AvgIpc) is 3.30. The van der Waals surface area contributed by atoms with E-state index in [1.807, 2.05) is 23.0 Å². The number of hydrogen-bond acceptors (Lipinski definition) is 5. The van der Waals surface area contributed by atoms with Crippen LogP contribution in [-0.4, -0.2) is 40.4 Å². The first-order valence-electron chi connectivity index (χ1n) is 13.2. The van der Waals surface area contributed by atoms with Gasteiger partial charge in [-0.15, -0.1) is 11.8 Å². The molecule has 210 valence electrons. The van der Waals surface area contributed by atoms with E-state index in [1.165, 1.54) is 4.90 Å². The number of piperidine rings is 1. The first-order valence-corrected chi connectivity index (χ1v) is 15.6. The molecule has 1 aromatic heterocycles. The van der Waals surface area contributed by atoms with Gasteiger partial charge in [0, 0.05) is 62.8 Å². The van der Waals surface area contributed by atoms with Crippen molar-refractivity contribution in [3.8, 4) is 6.07 Å². The maximum atomic E-state index is 14.6. The topological polar surface area (TPSA) is 44.0 Å². The molecule has 1 aliphatic heterocycles. The molecule has 0 bridgehead atoms. The van der Waals surface area contributed by atoms with E-state index >= 15 is 0 Å². The van der Waals surface area contributed by atoms with Crippen LogP contribution in [0.3, 0.4) is 0 Å². The summed E-state index contributed by atoms with van der Waals surface area (Å²) in [5, 5.41) is 14.3. The van der Waals surface area contributed by atoms with Crippen LogP contribution in [0, 0.1) is 17.2 Å². The highest BCUT2D eigenvalue weighted by Crippen LogP contribution is 2.34. The molecular weight excluding hydrogens is 573 g/mol. The largest absolute Gasteiger partial charge is 0.407 e. The molecule has 2 atom stereocenters. The summed E-state index contributed by atoms with van der Waals surface area (Å²) < 4.78 is 47.9. The third kappa shape index (κ3) is 6.92. The predicted molar refractivity (Wildman–Crippen MR) is 157 cm³/mol. The van der Waals surface area contributed by atoms with Gasteiger partial charge in [-0.3, -0.25) is 5.32 Å². The minimum Gasteiger partial charge on any atom is -0.343 e. The van der Waals surface area contributed by atoms with Gasteiger partial charge in [0.1, 0.15) is 6.04 Å². The Balaban J connectivity index is 1.35. The van der Waals surface area contributed by atoms with Gasteiger partial charge in [-0.25, -0.2) is 4.31 Å². The molecule has 2 aliphatic rings. The Labute approximate surface area is 246 Å². The summed E-state index contributed by atoms with van der Waals surface area (Å²) in [6, 6.07) is 15.8. The van der Waals surface area contributed by atoms with Crippen LogP contribution in [0.15, 0.2) is 64.5 Å². The van der Waals surface area contributed by atoms with E-state index in [9.17, 15) is 18.4 Å². The second-order valence-corrected chi connectivity index (χ2v) is 12.6. The molecule has 1 fully saturated rings. The summed E-state index contributed by atoms with van der Waals surface area (Å²) in [5.74, 6) is -0.365. The Kier molecular flexibility index (Phi) is 9.23. The van der Waals surface area contributed by atoms with E-state index in [0.717, 1.165) is 10.5 Å². The molecule has 0 saturated carbocycles. The Morgan fingerprint density at radius 2 is 1.75 bits per heavy atom. The number of alkyl halides is 3. The van der Waals surface area contributed by atoms with Crippen molar-refractivity contribution >= 4 is 47.5 Å². The first-order chi connectivity index (χ1) is 19.2. The molecule has 2 heterocycles. The summed E-state index contributed by atoms with van der Waals surface area (Å²) >= 11 is 9.38. The van der Waals surface area contributed by atoms with Crippen LogP contribution in [0.5, 0.6) is 0 Å². The van der Waals surface area contributed by atoms with Crippen LogP contribution in [-0.2, 0) is 6.54 Å². The van der Waals surface area contributed by atoms with Crippen molar-refractivity contribution in [2.24, 2.45) is 5.92 Å². The second-order valence-electron chi connectivity index (χ2n) is 10.1. The molecule has 4 nitrogen and oxygen atoms in total. The number of nitrogens with one attached hydrogen (secondary N) is 1. The Bertz CT molecular complexity index is 1470. The van der Waals surface area contributed by atoms with Crippen LogP contribution in [0.2, 0.25) is 5.02 Å². The zero-order valence-electron chi connectivity index (χ0n) is 22.0. The minimum atomic E-state index is -4.47. The van der Waals surface area contributed by atoms with Crippen molar-refractivity contribution in [1.82, 2.24) is 14.2 Å². The zero-order chi connectivity index (χ0) is 28.3. The van der Waals surface area contributed by atoms with Crippen molar-refractivity contribution in [2.45, 2.75) is 53.9 Å². The van der Waals surface area contributed by atoms with Gasteiger partial charge in [0.05, 0.1) is 12.0 Å². The van der Waals surface area contributed by atoms with Gasteiger partial charge in [0.2, 0.25) is 0 Å². The van der Waals surface area contributed by atoms with Gasteiger partial charge in [0.15, 0.2) is 0 Å². The molecule has 1 N–H and O–H groups in total. The first kappa shape index (κ1) is 29.2. The molecule has 2 aromatic carbocycles. The Hall–Kier alpha value is -2.35. The highest BCUT2D eigenvalue weighted by molar-refractivity contribution is 7.98. The number of rotatable bonds is 8. The molecule has 0 amide bonds. The van der Waals surface area contributed by atoms with Crippen molar-refractivity contribution < 1.29 is 13.2 Å². The number of thioether (sulfide) groups is 1. The summed E-state index contributed by atoms with van der Waals surface area (Å²) in [6.07, 6.45) is 4.43. The van der Waals surface area contributed by atoms with E-state index in [1.54, 1.807) is 54.2 Å². The Morgan fingerprint density at radius 3 is 2.38 bits per heavy atom. The van der Waals surface area contributed by atoms with Crippen LogP contribution < -0.4 is 15.9 Å². The lowest BCUT2D eigenvalue weighted by Crippen LogP contribution is -2.47. The van der Waals surface area contributed by atoms with Crippen molar-refractivity contribution in [3.05, 3.63) is 81.4 Å². The number of benzene rings is 2. The summed E-state index contributed by atoms with van der Waals surface area (Å²) in [7, 11) is 0. The molecule has 40 heavy (non-hydrogen) atoms. The number of aromatic nitrogens is 1. The quantitative estimate of drug-likeness (QED) is 0.239. The number of hydrogen-bond donors (Lipinski definition) is 1. The lowest BCUT2D eigenvalue weighted by molar-refractivity contribution is -0.160. The highest BCUT2D eigenvalue weighted by atomic mass is 35.5. The smallest absolute Gasteiger partial charge is 0.343 e. The van der Waals surface area contributed by atoms with Crippen molar-refractivity contribution in [1.29, 1.82) is 5.26 Å². The third-order valence-corrected chi connectivity index (χ3v) is 9.45. The van der Waals surface area contributed by atoms with Gasteiger partial charge < -0.3 is 4.57 Å². The molecule has 1 aliphatic carbocycles. The molecule has 0 radical (unpaired) electrons. The highest BCUT2D eigenvalue weighted by Gasteiger charge is 2.43. The summed E-state index contributed by atoms with van der Waals surface area (Å²) in [6.45, 7) is 1.80. The van der Waals surface area contributed by atoms with Crippen LogP contribution in [0.4, 0.5) is 13.2 Å². The molecule has 1 saturated heterocycles. The maximum Gasteiger partial charge on any atom is 0.407 e. The predicted octanol–water partition coefficient (Wildman–Crippen LogP) is 6.38. The molecule has 3 aromatic rings. The van der Waals surface area contributed by atoms with E-state index in [-0.39, 0.29) is 17.5 Å². The van der Waals surface area contributed by atoms with Gasteiger partial charge in [-0.05, 0) is 85.5 Å². The number of halogens is 4. The van der Waals surface area contributed by atoms with Gasteiger partial charge in [-0.1, -0.05) is 29.8 Å². The maximum absolute atomic E-state index is 14.6. The molecule has 10 heteroatoms. The van der Waals surface area contributed by atoms with Crippen molar-refractivity contribution in [3.63, 3.8) is 0 Å². The molecular formula is C30H30ClF3N4S2. The van der Waals surface area contributed by atoms with Gasteiger partial charge >= 0.3 is 6.18 Å². The van der Waals surface area contributed by atoms with Gasteiger partial charge in [-0.2, -0.15) is 18.4 Å². The third-order valence-electron chi connectivity index (χ3n) is 7.35. The van der Waals surface area contributed by atoms with Crippen molar-refractivity contribution in [2.75, 3.05) is 19.3 Å². The van der Waals surface area contributed by atoms with Gasteiger partial charge in [0.25, 0.3) is 0 Å². The van der Waals surface area contributed by atoms with E-state index in [4.69, 9.17) is 11.6 Å². The normalized spacial score (nSPS) is 18.9. The fourth-order valence-corrected chi connectivity index (χ4v) is 6.74. The lowest BCUT2D eigenvalue weighted by Gasteiger charge is -2.34. The monoisotopic (exact) mass is 602 g/mol. The minimum absolute atomic E-state index is 0.217. The Morgan fingerprint density at radius 1 is 1.07 bits per heavy atom.